The van der Waals surface area contributed by atoms with Gasteiger partial charge in [0.05, 0.1) is 23.7 Å². The third-order valence-corrected chi connectivity index (χ3v) is 5.67. The average molecular weight is 512 g/mol. The summed E-state index contributed by atoms with van der Waals surface area (Å²) < 4.78 is 32.9. The van der Waals surface area contributed by atoms with E-state index in [1.54, 1.807) is 18.3 Å². The van der Waals surface area contributed by atoms with Gasteiger partial charge < -0.3 is 10.1 Å². The number of hydrogen-bond acceptors (Lipinski definition) is 6. The molecule has 0 aliphatic rings. The van der Waals surface area contributed by atoms with Crippen LogP contribution in [-0.2, 0) is 10.0 Å². The van der Waals surface area contributed by atoms with Gasteiger partial charge in [-0.1, -0.05) is 41.9 Å². The topological polar surface area (TPSA) is 115 Å². The number of halogens is 1. The summed E-state index contributed by atoms with van der Waals surface area (Å²) in [5.41, 5.74) is 1.82. The molecule has 4 rings (SSSR count). The largest absolute Gasteiger partial charge is 0.482 e. The normalized spacial score (nSPS) is 12.1. The van der Waals surface area contributed by atoms with Crippen molar-refractivity contribution in [3.05, 3.63) is 95.4 Å². The molecule has 0 fully saturated rings. The Morgan fingerprint density at radius 2 is 1.83 bits per heavy atom. The molecule has 2 aromatic carbocycles. The Balaban J connectivity index is 1.53. The van der Waals surface area contributed by atoms with Crippen molar-refractivity contribution in [1.82, 2.24) is 14.8 Å². The Morgan fingerprint density at radius 1 is 1.09 bits per heavy atom. The molecular weight excluding hydrogens is 490 g/mol. The summed E-state index contributed by atoms with van der Waals surface area (Å²) in [6.07, 6.45) is 5.33. The van der Waals surface area contributed by atoms with E-state index in [0.717, 1.165) is 11.8 Å². The van der Waals surface area contributed by atoms with Crippen molar-refractivity contribution in [3.63, 3.8) is 0 Å². The fraction of sp³-hybridized carbons (Fsp3) is 0.125. The molecule has 0 aliphatic heterocycles. The molecule has 0 aliphatic carbocycles. The van der Waals surface area contributed by atoms with Crippen LogP contribution in [-0.4, -0.2) is 35.3 Å². The maximum atomic E-state index is 12.8. The molecule has 1 amide bonds. The molecule has 0 bridgehead atoms. The van der Waals surface area contributed by atoms with Crippen molar-refractivity contribution in [2.75, 3.05) is 16.3 Å². The van der Waals surface area contributed by atoms with Gasteiger partial charge in [-0.25, -0.2) is 18.1 Å². The highest BCUT2D eigenvalue weighted by molar-refractivity contribution is 7.92. The zero-order valence-electron chi connectivity index (χ0n) is 18.8. The lowest BCUT2D eigenvalue weighted by Crippen LogP contribution is -2.13. The van der Waals surface area contributed by atoms with E-state index in [4.69, 9.17) is 16.3 Å². The molecule has 0 radical (unpaired) electrons. The summed E-state index contributed by atoms with van der Waals surface area (Å²) in [5.74, 6) is 0.474. The highest BCUT2D eigenvalue weighted by Crippen LogP contribution is 2.27. The quantitative estimate of drug-likeness (QED) is 0.355. The van der Waals surface area contributed by atoms with Gasteiger partial charge >= 0.3 is 0 Å². The second-order valence-electron chi connectivity index (χ2n) is 7.73. The lowest BCUT2D eigenvalue weighted by atomic mass is 10.1. The Morgan fingerprint density at radius 3 is 2.57 bits per heavy atom. The third-order valence-electron chi connectivity index (χ3n) is 4.84. The molecule has 4 aromatic rings. The molecule has 1 atom stereocenters. The Kier molecular flexibility index (Phi) is 7.04. The second kappa shape index (κ2) is 10.2. The number of hydrogen-bond donors (Lipinski definition) is 2. The molecule has 1 unspecified atom stereocenters. The first kappa shape index (κ1) is 24.2. The van der Waals surface area contributed by atoms with E-state index in [1.165, 1.54) is 35.3 Å². The molecule has 0 saturated carbocycles. The van der Waals surface area contributed by atoms with Crippen LogP contribution < -0.4 is 14.8 Å². The number of amides is 1. The van der Waals surface area contributed by atoms with Crippen molar-refractivity contribution in [2.24, 2.45) is 0 Å². The number of aromatic nitrogens is 3. The summed E-state index contributed by atoms with van der Waals surface area (Å²) in [5, 5.41) is 7.22. The fourth-order valence-electron chi connectivity index (χ4n) is 3.32. The summed E-state index contributed by atoms with van der Waals surface area (Å²) in [4.78, 5) is 17.2. The van der Waals surface area contributed by atoms with Gasteiger partial charge in [0.1, 0.15) is 6.10 Å². The van der Waals surface area contributed by atoms with Gasteiger partial charge in [-0.3, -0.25) is 9.52 Å². The number of pyridine rings is 1. The Labute approximate surface area is 207 Å². The van der Waals surface area contributed by atoms with Crippen molar-refractivity contribution < 1.29 is 17.9 Å². The number of sulfonamides is 1. The predicted octanol–water partition coefficient (Wildman–Crippen LogP) is 4.68. The van der Waals surface area contributed by atoms with Gasteiger partial charge in [-0.2, -0.15) is 5.10 Å². The van der Waals surface area contributed by atoms with Crippen LogP contribution in [0, 0.1) is 0 Å². The predicted molar refractivity (Wildman–Crippen MR) is 135 cm³/mol. The standard InChI is InChI=1S/C24H22ClN5O4S/c1-16(17-7-4-3-5-8-17)34-22-9-6-10-26-23(22)30-15-18(14-27-30)24(31)28-20-11-19(25)12-21(13-20)29-35(2,32)33/h3-16,29H,1-2H3,(H,28,31). The molecule has 2 aromatic heterocycles. The molecule has 2 N–H and O–H groups in total. The van der Waals surface area contributed by atoms with E-state index in [2.05, 4.69) is 20.1 Å². The first-order valence-corrected chi connectivity index (χ1v) is 12.8. The molecular formula is C24H22ClN5O4S. The fourth-order valence-corrected chi connectivity index (χ4v) is 4.10. The van der Waals surface area contributed by atoms with Gasteiger partial charge in [0.2, 0.25) is 10.0 Å². The van der Waals surface area contributed by atoms with Gasteiger partial charge in [0.15, 0.2) is 11.6 Å². The summed E-state index contributed by atoms with van der Waals surface area (Å²) in [6.45, 7) is 1.94. The van der Waals surface area contributed by atoms with Crippen molar-refractivity contribution in [2.45, 2.75) is 13.0 Å². The van der Waals surface area contributed by atoms with E-state index in [1.807, 2.05) is 37.3 Å². The summed E-state index contributed by atoms with van der Waals surface area (Å²) in [7, 11) is -3.50. The maximum absolute atomic E-state index is 12.8. The lowest BCUT2D eigenvalue weighted by Gasteiger charge is -2.17. The second-order valence-corrected chi connectivity index (χ2v) is 9.91. The van der Waals surface area contributed by atoms with Crippen molar-refractivity contribution in [1.29, 1.82) is 0 Å². The number of carbonyl (C=O) groups is 1. The van der Waals surface area contributed by atoms with Crippen LogP contribution in [0.5, 0.6) is 5.75 Å². The first-order valence-electron chi connectivity index (χ1n) is 10.5. The lowest BCUT2D eigenvalue weighted by molar-refractivity contribution is 0.102. The van der Waals surface area contributed by atoms with Crippen LogP contribution in [0.3, 0.4) is 0 Å². The van der Waals surface area contributed by atoms with Crippen molar-refractivity contribution >= 4 is 38.9 Å². The highest BCUT2D eigenvalue weighted by Gasteiger charge is 2.16. The van der Waals surface area contributed by atoms with E-state index < -0.39 is 15.9 Å². The van der Waals surface area contributed by atoms with E-state index in [9.17, 15) is 13.2 Å². The molecule has 180 valence electrons. The number of nitrogens with one attached hydrogen (secondary N) is 2. The zero-order valence-corrected chi connectivity index (χ0v) is 20.4. The molecule has 35 heavy (non-hydrogen) atoms. The summed E-state index contributed by atoms with van der Waals surface area (Å²) in [6, 6.07) is 17.7. The van der Waals surface area contributed by atoms with Crippen LogP contribution >= 0.6 is 11.6 Å². The number of anilines is 2. The minimum atomic E-state index is -3.50. The molecule has 0 saturated heterocycles. The van der Waals surface area contributed by atoms with E-state index in [0.29, 0.717) is 17.3 Å². The number of ether oxygens (including phenoxy) is 1. The van der Waals surface area contributed by atoms with Crippen LogP contribution in [0.25, 0.3) is 5.82 Å². The van der Waals surface area contributed by atoms with Crippen molar-refractivity contribution in [3.8, 4) is 11.6 Å². The maximum Gasteiger partial charge on any atom is 0.258 e. The smallest absolute Gasteiger partial charge is 0.258 e. The Hall–Kier alpha value is -3.89. The average Bonchev–Trinajstić information content (AvgIpc) is 3.29. The number of carbonyl (C=O) groups excluding carboxylic acids is 1. The minimum Gasteiger partial charge on any atom is -0.482 e. The molecule has 11 heteroatoms. The zero-order chi connectivity index (χ0) is 25.0. The summed E-state index contributed by atoms with van der Waals surface area (Å²) >= 11 is 6.07. The van der Waals surface area contributed by atoms with E-state index in [-0.39, 0.29) is 22.4 Å². The van der Waals surface area contributed by atoms with Gasteiger partial charge in [-0.05, 0) is 42.8 Å². The van der Waals surface area contributed by atoms with Crippen LogP contribution in [0.15, 0.2) is 79.3 Å². The Bertz CT molecular complexity index is 1460. The van der Waals surface area contributed by atoms with Gasteiger partial charge in [0.25, 0.3) is 5.91 Å². The number of benzene rings is 2. The van der Waals surface area contributed by atoms with Crippen LogP contribution in [0.1, 0.15) is 28.9 Å². The molecule has 0 spiro atoms. The first-order chi connectivity index (χ1) is 16.7. The SMILES string of the molecule is CC(Oc1cccnc1-n1cc(C(=O)Nc2cc(Cl)cc(NS(C)(=O)=O)c2)cn1)c1ccccc1. The van der Waals surface area contributed by atoms with E-state index >= 15 is 0 Å². The number of rotatable bonds is 8. The highest BCUT2D eigenvalue weighted by atomic mass is 35.5. The molecule has 9 nitrogen and oxygen atoms in total. The van der Waals surface area contributed by atoms with Gasteiger partial charge in [-0.15, -0.1) is 0 Å². The van der Waals surface area contributed by atoms with Gasteiger partial charge in [0, 0.05) is 23.1 Å². The molecule has 2 heterocycles. The third kappa shape index (κ3) is 6.37. The monoisotopic (exact) mass is 511 g/mol. The number of nitrogens with zero attached hydrogens (tertiary/aromatic N) is 3. The van der Waals surface area contributed by atoms with Crippen LogP contribution in [0.2, 0.25) is 5.02 Å². The van der Waals surface area contributed by atoms with Crippen LogP contribution in [0.4, 0.5) is 11.4 Å². The minimum absolute atomic E-state index is 0.227.